The van der Waals surface area contributed by atoms with E-state index in [9.17, 15) is 9.59 Å². The number of carboxylic acids is 1. The van der Waals surface area contributed by atoms with Crippen molar-refractivity contribution in [1.29, 1.82) is 0 Å². The molecule has 0 radical (unpaired) electrons. The zero-order valence-electron chi connectivity index (χ0n) is 15.2. The molecule has 1 amide bonds. The van der Waals surface area contributed by atoms with E-state index in [1.807, 2.05) is 12.1 Å². The highest BCUT2D eigenvalue weighted by atomic mass is 16.5. The molecule has 1 unspecified atom stereocenters. The molecule has 1 atom stereocenters. The van der Waals surface area contributed by atoms with Gasteiger partial charge in [0, 0.05) is 11.3 Å². The van der Waals surface area contributed by atoms with Gasteiger partial charge in [-0.3, -0.25) is 9.59 Å². The lowest BCUT2D eigenvalue weighted by Crippen LogP contribution is -2.23. The number of anilines is 1. The van der Waals surface area contributed by atoms with Crippen LogP contribution in [0.2, 0.25) is 0 Å². The fraction of sp³-hybridized carbons (Fsp3) is 0.333. The van der Waals surface area contributed by atoms with E-state index < -0.39 is 11.9 Å². The van der Waals surface area contributed by atoms with E-state index in [0.29, 0.717) is 30.4 Å². The van der Waals surface area contributed by atoms with Crippen LogP contribution in [-0.2, 0) is 11.3 Å². The Bertz CT molecular complexity index is 826. The third-order valence-electron chi connectivity index (χ3n) is 4.54. The van der Waals surface area contributed by atoms with Gasteiger partial charge >= 0.3 is 5.97 Å². The minimum Gasteiger partial charge on any atom is -0.493 e. The van der Waals surface area contributed by atoms with Crippen LogP contribution in [-0.4, -0.2) is 23.6 Å². The van der Waals surface area contributed by atoms with Crippen LogP contribution in [0.1, 0.15) is 48.2 Å². The second-order valence-electron chi connectivity index (χ2n) is 7.07. The van der Waals surface area contributed by atoms with E-state index in [2.05, 4.69) is 13.8 Å². The molecule has 0 aromatic heterocycles. The highest BCUT2D eigenvalue weighted by Crippen LogP contribution is 2.31. The summed E-state index contributed by atoms with van der Waals surface area (Å²) in [4.78, 5) is 25.6. The van der Waals surface area contributed by atoms with Crippen LogP contribution in [0.15, 0.2) is 42.5 Å². The van der Waals surface area contributed by atoms with Gasteiger partial charge in [0.1, 0.15) is 5.75 Å². The lowest BCUT2D eigenvalue weighted by molar-refractivity contribution is -0.138. The molecule has 0 saturated carbocycles. The Labute approximate surface area is 153 Å². The highest BCUT2D eigenvalue weighted by Gasteiger charge is 2.29. The van der Waals surface area contributed by atoms with E-state index in [1.165, 1.54) is 0 Å². The van der Waals surface area contributed by atoms with Crippen LogP contribution in [0.25, 0.3) is 0 Å². The maximum absolute atomic E-state index is 12.8. The standard InChI is InChI=1S/C21H23NO4/c1-13(2)12-26-18-9-6-16-11-22(20(23)19(16)10-18)17-7-4-15(5-8-17)14(3)21(24)25/h4-10,13-14H,11-12H2,1-3H3,(H,24,25). The van der Waals surface area contributed by atoms with Gasteiger partial charge < -0.3 is 14.7 Å². The summed E-state index contributed by atoms with van der Waals surface area (Å²) in [6.07, 6.45) is 0. The Morgan fingerprint density at radius 1 is 1.15 bits per heavy atom. The molecule has 0 fully saturated rings. The summed E-state index contributed by atoms with van der Waals surface area (Å²) in [5.74, 6) is -0.373. The molecule has 2 aromatic rings. The molecule has 136 valence electrons. The number of amides is 1. The number of carboxylic acid groups (broad SMARTS) is 1. The molecule has 1 aliphatic rings. The number of aliphatic carboxylic acids is 1. The minimum atomic E-state index is -0.865. The summed E-state index contributed by atoms with van der Waals surface area (Å²) >= 11 is 0. The Hall–Kier alpha value is -2.82. The maximum atomic E-state index is 12.8. The predicted octanol–water partition coefficient (Wildman–Crippen LogP) is 4.07. The summed E-state index contributed by atoms with van der Waals surface area (Å²) in [7, 11) is 0. The molecule has 2 aromatic carbocycles. The first kappa shape index (κ1) is 18.0. The molecular formula is C21H23NO4. The number of fused-ring (bicyclic) bond motifs is 1. The van der Waals surface area contributed by atoms with E-state index >= 15 is 0 Å². The lowest BCUT2D eigenvalue weighted by atomic mass is 10.0. The second-order valence-corrected chi connectivity index (χ2v) is 7.07. The molecule has 0 aliphatic carbocycles. The molecular weight excluding hydrogens is 330 g/mol. The van der Waals surface area contributed by atoms with Crippen molar-refractivity contribution in [2.75, 3.05) is 11.5 Å². The molecule has 5 heteroatoms. The molecule has 0 bridgehead atoms. The quantitative estimate of drug-likeness (QED) is 0.850. The Morgan fingerprint density at radius 2 is 1.85 bits per heavy atom. The van der Waals surface area contributed by atoms with E-state index in [0.717, 1.165) is 16.8 Å². The third kappa shape index (κ3) is 3.57. The first-order valence-corrected chi connectivity index (χ1v) is 8.77. The van der Waals surface area contributed by atoms with Crippen LogP contribution < -0.4 is 9.64 Å². The summed E-state index contributed by atoms with van der Waals surface area (Å²) < 4.78 is 5.72. The van der Waals surface area contributed by atoms with Gasteiger partial charge in [-0.1, -0.05) is 32.0 Å². The number of ether oxygens (including phenoxy) is 1. The van der Waals surface area contributed by atoms with Crippen molar-refractivity contribution in [1.82, 2.24) is 0 Å². The average Bonchev–Trinajstić information content (AvgIpc) is 2.95. The zero-order valence-corrected chi connectivity index (χ0v) is 15.2. The molecule has 1 N–H and O–H groups in total. The molecule has 0 spiro atoms. The van der Waals surface area contributed by atoms with Crippen molar-refractivity contribution in [3.05, 3.63) is 59.2 Å². The first-order valence-electron chi connectivity index (χ1n) is 8.77. The van der Waals surface area contributed by atoms with Gasteiger partial charge in [-0.15, -0.1) is 0 Å². The molecule has 1 heterocycles. The highest BCUT2D eigenvalue weighted by molar-refractivity contribution is 6.10. The van der Waals surface area contributed by atoms with Crippen LogP contribution in [0.4, 0.5) is 5.69 Å². The fourth-order valence-corrected chi connectivity index (χ4v) is 2.93. The zero-order chi connectivity index (χ0) is 18.8. The lowest BCUT2D eigenvalue weighted by Gasteiger charge is -2.17. The van der Waals surface area contributed by atoms with Crippen LogP contribution in [0.5, 0.6) is 5.75 Å². The summed E-state index contributed by atoms with van der Waals surface area (Å²) in [6.45, 7) is 6.92. The number of benzene rings is 2. The van der Waals surface area contributed by atoms with Crippen molar-refractivity contribution in [3.8, 4) is 5.75 Å². The minimum absolute atomic E-state index is 0.0611. The second kappa shape index (κ2) is 7.20. The number of carbonyl (C=O) groups is 2. The van der Waals surface area contributed by atoms with Crippen molar-refractivity contribution >= 4 is 17.6 Å². The molecule has 26 heavy (non-hydrogen) atoms. The number of hydrogen-bond donors (Lipinski definition) is 1. The molecule has 3 rings (SSSR count). The van der Waals surface area contributed by atoms with Gasteiger partial charge in [0.25, 0.3) is 5.91 Å². The van der Waals surface area contributed by atoms with Gasteiger partial charge in [0.2, 0.25) is 0 Å². The van der Waals surface area contributed by atoms with Gasteiger partial charge in [0.05, 0.1) is 19.1 Å². The number of rotatable bonds is 6. The van der Waals surface area contributed by atoms with Gasteiger partial charge in [0.15, 0.2) is 0 Å². The normalized spacial score (nSPS) is 14.5. The molecule has 5 nitrogen and oxygen atoms in total. The number of nitrogens with zero attached hydrogens (tertiary/aromatic N) is 1. The number of hydrogen-bond acceptors (Lipinski definition) is 3. The third-order valence-corrected chi connectivity index (χ3v) is 4.54. The summed E-state index contributed by atoms with van der Waals surface area (Å²) in [6, 6.07) is 12.8. The van der Waals surface area contributed by atoms with Crippen LogP contribution in [0, 0.1) is 5.92 Å². The summed E-state index contributed by atoms with van der Waals surface area (Å²) in [5.41, 5.74) is 3.11. The first-order chi connectivity index (χ1) is 12.4. The fourth-order valence-electron chi connectivity index (χ4n) is 2.93. The number of carbonyl (C=O) groups excluding carboxylic acids is 1. The van der Waals surface area contributed by atoms with Gasteiger partial charge in [-0.25, -0.2) is 0 Å². The summed E-state index contributed by atoms with van der Waals surface area (Å²) in [5, 5.41) is 9.10. The topological polar surface area (TPSA) is 66.8 Å². The Balaban J connectivity index is 1.78. The monoisotopic (exact) mass is 353 g/mol. The largest absolute Gasteiger partial charge is 0.493 e. The molecule has 1 aliphatic heterocycles. The maximum Gasteiger partial charge on any atom is 0.310 e. The van der Waals surface area contributed by atoms with Crippen LogP contribution in [0.3, 0.4) is 0 Å². The Morgan fingerprint density at radius 3 is 2.46 bits per heavy atom. The van der Waals surface area contributed by atoms with Crippen LogP contribution >= 0.6 is 0 Å². The van der Waals surface area contributed by atoms with Crippen molar-refractivity contribution in [3.63, 3.8) is 0 Å². The van der Waals surface area contributed by atoms with E-state index in [1.54, 1.807) is 42.2 Å². The predicted molar refractivity (Wildman–Crippen MR) is 99.8 cm³/mol. The molecule has 0 saturated heterocycles. The smallest absolute Gasteiger partial charge is 0.310 e. The van der Waals surface area contributed by atoms with Gasteiger partial charge in [-0.05, 0) is 48.2 Å². The van der Waals surface area contributed by atoms with E-state index in [4.69, 9.17) is 9.84 Å². The Kier molecular flexibility index (Phi) is 4.98. The van der Waals surface area contributed by atoms with E-state index in [-0.39, 0.29) is 5.91 Å². The van der Waals surface area contributed by atoms with Gasteiger partial charge in [-0.2, -0.15) is 0 Å². The van der Waals surface area contributed by atoms with Crippen molar-refractivity contribution in [2.24, 2.45) is 5.92 Å². The van der Waals surface area contributed by atoms with Crippen molar-refractivity contribution < 1.29 is 19.4 Å². The van der Waals surface area contributed by atoms with Crippen molar-refractivity contribution in [2.45, 2.75) is 33.2 Å². The average molecular weight is 353 g/mol. The SMILES string of the molecule is CC(C)COc1ccc2c(c1)C(=O)N(c1ccc(C(C)C(=O)O)cc1)C2.